The molecule has 0 radical (unpaired) electrons. The van der Waals surface area contributed by atoms with Gasteiger partial charge in [-0.25, -0.2) is 4.39 Å². The minimum absolute atomic E-state index is 0.189. The van der Waals surface area contributed by atoms with E-state index in [2.05, 4.69) is 0 Å². The monoisotopic (exact) mass is 220 g/mol. The van der Waals surface area contributed by atoms with Crippen LogP contribution in [0.3, 0.4) is 0 Å². The number of benzene rings is 1. The highest BCUT2D eigenvalue weighted by Gasteiger charge is 1.93. The van der Waals surface area contributed by atoms with E-state index in [9.17, 15) is 4.39 Å². The summed E-state index contributed by atoms with van der Waals surface area (Å²) in [5, 5.41) is 0. The molecular formula is C8H12FNO3P+. The zero-order valence-electron chi connectivity index (χ0n) is 7.88. The molecule has 0 fully saturated rings. The Kier molecular flexibility index (Phi) is 5.95. The second kappa shape index (κ2) is 6.43. The molecule has 1 aromatic carbocycles. The lowest BCUT2D eigenvalue weighted by Crippen LogP contribution is -2.07. The normalized spacial score (nSPS) is 8.64. The predicted octanol–water partition coefficient (Wildman–Crippen LogP) is 1.52. The SMILES string of the molecule is CN(C)c1ccc(F)cc1.O=[P+](O)O. The number of rotatable bonds is 1. The maximum atomic E-state index is 12.3. The molecule has 14 heavy (non-hydrogen) atoms. The number of hydrogen-bond donors (Lipinski definition) is 2. The van der Waals surface area contributed by atoms with Gasteiger partial charge in [0.25, 0.3) is 0 Å². The fourth-order valence-electron chi connectivity index (χ4n) is 0.739. The van der Waals surface area contributed by atoms with Crippen LogP contribution in [0.15, 0.2) is 24.3 Å². The first-order valence-corrected chi connectivity index (χ1v) is 4.88. The average Bonchev–Trinajstić information content (AvgIpc) is 2.03. The number of hydrogen-bond acceptors (Lipinski definition) is 2. The summed E-state index contributed by atoms with van der Waals surface area (Å²) in [7, 11) is 0.977. The Bertz CT molecular complexity index is 285. The summed E-state index contributed by atoms with van der Waals surface area (Å²) < 4.78 is 21.0. The fourth-order valence-corrected chi connectivity index (χ4v) is 0.739. The molecule has 1 aromatic rings. The van der Waals surface area contributed by atoms with Gasteiger partial charge in [-0.1, -0.05) is 0 Å². The first kappa shape index (κ1) is 13.0. The van der Waals surface area contributed by atoms with Crippen molar-refractivity contribution >= 4 is 13.9 Å². The van der Waals surface area contributed by atoms with Crippen LogP contribution in [0.4, 0.5) is 10.1 Å². The molecule has 0 saturated carbocycles. The largest absolute Gasteiger partial charge is 0.692 e. The van der Waals surface area contributed by atoms with Gasteiger partial charge in [0, 0.05) is 24.3 Å². The van der Waals surface area contributed by atoms with Crippen molar-refractivity contribution in [2.24, 2.45) is 0 Å². The summed E-state index contributed by atoms with van der Waals surface area (Å²) in [5.74, 6) is -0.189. The molecule has 0 aliphatic heterocycles. The Morgan fingerprint density at radius 2 is 1.57 bits per heavy atom. The van der Waals surface area contributed by atoms with Crippen LogP contribution in [0.1, 0.15) is 0 Å². The molecule has 0 aromatic heterocycles. The van der Waals surface area contributed by atoms with Gasteiger partial charge in [-0.15, -0.1) is 9.79 Å². The molecule has 78 valence electrons. The summed E-state index contributed by atoms with van der Waals surface area (Å²) in [6.07, 6.45) is 0. The smallest absolute Gasteiger partial charge is 0.378 e. The van der Waals surface area contributed by atoms with Crippen LogP contribution >= 0.6 is 8.25 Å². The molecule has 0 saturated heterocycles. The zero-order valence-corrected chi connectivity index (χ0v) is 8.78. The van der Waals surface area contributed by atoms with E-state index < -0.39 is 8.25 Å². The van der Waals surface area contributed by atoms with E-state index in [0.29, 0.717) is 0 Å². The molecule has 0 amide bonds. The molecule has 0 aliphatic carbocycles. The second-order valence-electron chi connectivity index (χ2n) is 2.62. The first-order chi connectivity index (χ1) is 6.43. The van der Waals surface area contributed by atoms with Gasteiger partial charge in [0.05, 0.1) is 0 Å². The van der Waals surface area contributed by atoms with Crippen LogP contribution in [0.5, 0.6) is 0 Å². The van der Waals surface area contributed by atoms with Crippen LogP contribution in [0.25, 0.3) is 0 Å². The van der Waals surface area contributed by atoms with Crippen LogP contribution in [-0.2, 0) is 4.57 Å². The molecule has 0 atom stereocenters. The van der Waals surface area contributed by atoms with E-state index >= 15 is 0 Å². The van der Waals surface area contributed by atoms with E-state index in [4.69, 9.17) is 14.4 Å². The van der Waals surface area contributed by atoms with Crippen LogP contribution in [-0.4, -0.2) is 23.9 Å². The fraction of sp³-hybridized carbons (Fsp3) is 0.250. The van der Waals surface area contributed by atoms with Crippen LogP contribution in [0, 0.1) is 5.82 Å². The third kappa shape index (κ3) is 6.48. The molecule has 0 bridgehead atoms. The maximum absolute atomic E-state index is 12.3. The van der Waals surface area contributed by atoms with Gasteiger partial charge < -0.3 is 4.90 Å². The highest BCUT2D eigenvalue weighted by Crippen LogP contribution is 2.10. The Morgan fingerprint density at radius 1 is 1.21 bits per heavy atom. The molecule has 0 aliphatic rings. The Balaban J connectivity index is 0.000000364. The molecule has 2 N–H and O–H groups in total. The summed E-state index contributed by atoms with van der Waals surface area (Å²) >= 11 is 0. The van der Waals surface area contributed by atoms with Crippen LogP contribution < -0.4 is 4.90 Å². The summed E-state index contributed by atoms with van der Waals surface area (Å²) in [5.41, 5.74) is 1.02. The molecule has 0 unspecified atom stereocenters. The molecule has 0 heterocycles. The number of nitrogens with zero attached hydrogens (tertiary/aromatic N) is 1. The number of halogens is 1. The van der Waals surface area contributed by atoms with Gasteiger partial charge in [0.15, 0.2) is 0 Å². The van der Waals surface area contributed by atoms with Gasteiger partial charge in [-0.2, -0.15) is 0 Å². The second-order valence-corrected chi connectivity index (χ2v) is 3.13. The van der Waals surface area contributed by atoms with Crippen molar-refractivity contribution in [1.82, 2.24) is 0 Å². The quantitative estimate of drug-likeness (QED) is 0.704. The highest BCUT2D eigenvalue weighted by atomic mass is 31.1. The van der Waals surface area contributed by atoms with Crippen molar-refractivity contribution in [2.45, 2.75) is 0 Å². The minimum atomic E-state index is -2.87. The summed E-state index contributed by atoms with van der Waals surface area (Å²) in [4.78, 5) is 16.2. The van der Waals surface area contributed by atoms with Gasteiger partial charge in [-0.05, 0) is 24.3 Å². The van der Waals surface area contributed by atoms with Crippen molar-refractivity contribution in [3.8, 4) is 0 Å². The summed E-state index contributed by atoms with van der Waals surface area (Å²) in [6.45, 7) is 0. The zero-order chi connectivity index (χ0) is 11.1. The van der Waals surface area contributed by atoms with Gasteiger partial charge in [0.2, 0.25) is 0 Å². The van der Waals surface area contributed by atoms with E-state index in [-0.39, 0.29) is 5.82 Å². The molecule has 0 spiro atoms. The Morgan fingerprint density at radius 3 is 1.86 bits per heavy atom. The Hall–Kier alpha value is -1.03. The van der Waals surface area contributed by atoms with Crippen molar-refractivity contribution in [3.63, 3.8) is 0 Å². The van der Waals surface area contributed by atoms with Crippen molar-refractivity contribution in [3.05, 3.63) is 30.1 Å². The highest BCUT2D eigenvalue weighted by molar-refractivity contribution is 7.30. The maximum Gasteiger partial charge on any atom is 0.692 e. The molecule has 1 rings (SSSR count). The van der Waals surface area contributed by atoms with Crippen molar-refractivity contribution in [1.29, 1.82) is 0 Å². The van der Waals surface area contributed by atoms with Gasteiger partial charge >= 0.3 is 8.25 Å². The van der Waals surface area contributed by atoms with E-state index in [0.717, 1.165) is 5.69 Å². The third-order valence-corrected chi connectivity index (χ3v) is 1.34. The Labute approximate surface area is 82.6 Å². The van der Waals surface area contributed by atoms with Crippen molar-refractivity contribution in [2.75, 3.05) is 19.0 Å². The lowest BCUT2D eigenvalue weighted by molar-refractivity contribution is 0.405. The predicted molar refractivity (Wildman–Crippen MR) is 52.8 cm³/mol. The molecule has 6 heteroatoms. The number of anilines is 1. The standard InChI is InChI=1S/C8H10FN.HO3P/c1-10(2)8-5-3-7(9)4-6-8;1-4(2)3/h3-6H,1-2H3;(H-,1,2,3)/p+1. The van der Waals surface area contributed by atoms with Crippen LogP contribution in [0.2, 0.25) is 0 Å². The molecular weight excluding hydrogens is 208 g/mol. The summed E-state index contributed by atoms with van der Waals surface area (Å²) in [6, 6.07) is 6.40. The van der Waals surface area contributed by atoms with Gasteiger partial charge in [0.1, 0.15) is 5.82 Å². The van der Waals surface area contributed by atoms with Gasteiger partial charge in [-0.3, -0.25) is 0 Å². The average molecular weight is 220 g/mol. The lowest BCUT2D eigenvalue weighted by Gasteiger charge is -2.10. The first-order valence-electron chi connectivity index (χ1n) is 3.71. The topological polar surface area (TPSA) is 60.8 Å². The molecule has 4 nitrogen and oxygen atoms in total. The van der Waals surface area contributed by atoms with E-state index in [1.807, 2.05) is 19.0 Å². The lowest BCUT2D eigenvalue weighted by atomic mass is 10.3. The minimum Gasteiger partial charge on any atom is -0.378 e. The van der Waals surface area contributed by atoms with Crippen molar-refractivity contribution < 1.29 is 18.7 Å². The third-order valence-electron chi connectivity index (χ3n) is 1.34. The van der Waals surface area contributed by atoms with E-state index in [1.165, 1.54) is 12.1 Å². The van der Waals surface area contributed by atoms with E-state index in [1.54, 1.807) is 12.1 Å².